The fourth-order valence-corrected chi connectivity index (χ4v) is 2.70. The molecule has 110 valence electrons. The highest BCUT2D eigenvalue weighted by Gasteiger charge is 2.05. The van der Waals surface area contributed by atoms with Gasteiger partial charge in [0.2, 0.25) is 0 Å². The van der Waals surface area contributed by atoms with Crippen LogP contribution in [0.3, 0.4) is 0 Å². The van der Waals surface area contributed by atoms with Crippen LogP contribution in [0.25, 0.3) is 10.9 Å². The molecule has 2 aromatic carbocycles. The van der Waals surface area contributed by atoms with Crippen molar-refractivity contribution >= 4 is 40.3 Å². The highest BCUT2D eigenvalue weighted by Crippen LogP contribution is 2.30. The molecule has 3 rings (SSSR count). The molecule has 22 heavy (non-hydrogen) atoms. The molecule has 0 aliphatic rings. The molecule has 0 bridgehead atoms. The number of benzene rings is 2. The van der Waals surface area contributed by atoms with Gasteiger partial charge in [0.15, 0.2) is 0 Å². The summed E-state index contributed by atoms with van der Waals surface area (Å²) in [6, 6.07) is 13.2. The summed E-state index contributed by atoms with van der Waals surface area (Å²) < 4.78 is 0. The lowest BCUT2D eigenvalue weighted by atomic mass is 10.1. The molecule has 3 aromatic rings. The maximum Gasteiger partial charge on any atom is 0.126 e. The number of nitrogens with one attached hydrogen (secondary N) is 2. The van der Waals surface area contributed by atoms with Gasteiger partial charge in [0.1, 0.15) is 5.75 Å². The lowest BCUT2D eigenvalue weighted by Gasteiger charge is -2.11. The molecule has 0 aliphatic carbocycles. The summed E-state index contributed by atoms with van der Waals surface area (Å²) in [5, 5.41) is 21.4. The number of thioether (sulfide) groups is 1. The molecule has 1 aromatic heterocycles. The summed E-state index contributed by atoms with van der Waals surface area (Å²) >= 11 is 1.69. The summed E-state index contributed by atoms with van der Waals surface area (Å²) in [4.78, 5) is 5.55. The number of aromatic nitrogens is 1. The highest BCUT2D eigenvalue weighted by atomic mass is 32.2. The highest BCUT2D eigenvalue weighted by molar-refractivity contribution is 7.98. The van der Waals surface area contributed by atoms with Crippen molar-refractivity contribution in [2.24, 2.45) is 0 Å². The van der Waals surface area contributed by atoms with Crippen LogP contribution in [-0.2, 0) is 0 Å². The van der Waals surface area contributed by atoms with Gasteiger partial charge in [0, 0.05) is 45.7 Å². The topological polar surface area (TPSA) is 69.0 Å². The molecule has 0 saturated heterocycles. The van der Waals surface area contributed by atoms with E-state index in [1.807, 2.05) is 24.5 Å². The van der Waals surface area contributed by atoms with Crippen LogP contribution in [0.1, 0.15) is 5.56 Å². The Kier molecular flexibility index (Phi) is 3.98. The van der Waals surface area contributed by atoms with Crippen LogP contribution in [-0.4, -0.2) is 22.6 Å². The molecule has 3 N–H and O–H groups in total. The summed E-state index contributed by atoms with van der Waals surface area (Å²) in [5.74, 6) is 0.0863. The second-order valence-corrected chi connectivity index (χ2v) is 5.66. The molecule has 5 heteroatoms. The Morgan fingerprint density at radius 1 is 1.18 bits per heavy atom. The van der Waals surface area contributed by atoms with Gasteiger partial charge in [-0.25, -0.2) is 0 Å². The van der Waals surface area contributed by atoms with Gasteiger partial charge in [-0.3, -0.25) is 4.98 Å². The molecular weight excluding hydrogens is 294 g/mol. The molecule has 4 nitrogen and oxygen atoms in total. The van der Waals surface area contributed by atoms with Crippen molar-refractivity contribution in [3.05, 3.63) is 54.2 Å². The van der Waals surface area contributed by atoms with Crippen molar-refractivity contribution in [1.29, 1.82) is 5.41 Å². The third-order valence-corrected chi connectivity index (χ3v) is 4.14. The minimum atomic E-state index is 0.0863. The number of rotatable bonds is 4. The number of phenolic OH excluding ortho intramolecular Hbond substituents is 1. The van der Waals surface area contributed by atoms with Crippen molar-refractivity contribution in [2.75, 3.05) is 11.6 Å². The van der Waals surface area contributed by atoms with Crippen molar-refractivity contribution < 1.29 is 5.11 Å². The molecule has 0 unspecified atom stereocenters. The predicted octanol–water partition coefficient (Wildman–Crippen LogP) is 4.40. The van der Waals surface area contributed by atoms with Crippen LogP contribution >= 0.6 is 11.8 Å². The van der Waals surface area contributed by atoms with Crippen LogP contribution in [0.2, 0.25) is 0 Å². The van der Waals surface area contributed by atoms with Crippen molar-refractivity contribution in [1.82, 2.24) is 4.98 Å². The van der Waals surface area contributed by atoms with Crippen molar-refractivity contribution in [3.63, 3.8) is 0 Å². The number of phenols is 1. The third-order valence-electron chi connectivity index (χ3n) is 3.41. The number of hydrogen-bond acceptors (Lipinski definition) is 5. The quantitative estimate of drug-likeness (QED) is 0.493. The Balaban J connectivity index is 2.03. The zero-order valence-electron chi connectivity index (χ0n) is 12.0. The Morgan fingerprint density at radius 2 is 2.05 bits per heavy atom. The molecule has 0 radical (unpaired) electrons. The molecule has 0 aliphatic heterocycles. The first-order valence-electron chi connectivity index (χ1n) is 6.74. The van der Waals surface area contributed by atoms with E-state index in [4.69, 9.17) is 5.41 Å². The molecule has 1 heterocycles. The number of aromatic hydroxyl groups is 1. The van der Waals surface area contributed by atoms with Gasteiger partial charge < -0.3 is 15.8 Å². The Hall–Kier alpha value is -2.53. The Labute approximate surface area is 132 Å². The van der Waals surface area contributed by atoms with E-state index in [-0.39, 0.29) is 5.75 Å². The summed E-state index contributed by atoms with van der Waals surface area (Å²) in [6.45, 7) is 0. The van der Waals surface area contributed by atoms with Crippen LogP contribution in [0.15, 0.2) is 53.6 Å². The smallest absolute Gasteiger partial charge is 0.126 e. The molecule has 0 fully saturated rings. The lowest BCUT2D eigenvalue weighted by molar-refractivity contribution is 0.475. The Bertz CT molecular complexity index is 848. The van der Waals surface area contributed by atoms with E-state index in [1.165, 1.54) is 4.90 Å². The van der Waals surface area contributed by atoms with Crippen LogP contribution in [0.5, 0.6) is 5.75 Å². The number of anilines is 2. The van der Waals surface area contributed by atoms with Crippen molar-refractivity contribution in [2.45, 2.75) is 4.90 Å². The first-order chi connectivity index (χ1) is 10.7. The zero-order valence-corrected chi connectivity index (χ0v) is 12.8. The maximum atomic E-state index is 9.86. The van der Waals surface area contributed by atoms with Gasteiger partial charge in [0.25, 0.3) is 0 Å². The summed E-state index contributed by atoms with van der Waals surface area (Å²) in [7, 11) is 0. The zero-order chi connectivity index (χ0) is 15.5. The normalized spacial score (nSPS) is 10.6. The van der Waals surface area contributed by atoms with E-state index in [0.717, 1.165) is 28.5 Å². The molecular formula is C17H15N3OS. The first-order valence-corrected chi connectivity index (χ1v) is 7.97. The van der Waals surface area contributed by atoms with E-state index in [1.54, 1.807) is 30.1 Å². The van der Waals surface area contributed by atoms with Crippen LogP contribution in [0, 0.1) is 5.41 Å². The molecule has 0 atom stereocenters. The van der Waals surface area contributed by atoms with Gasteiger partial charge in [-0.15, -0.1) is 11.8 Å². The summed E-state index contributed by atoms with van der Waals surface area (Å²) in [5.41, 5.74) is 3.12. The largest absolute Gasteiger partial charge is 0.507 e. The lowest BCUT2D eigenvalue weighted by Crippen LogP contribution is -1.93. The fourth-order valence-electron chi connectivity index (χ4n) is 2.26. The van der Waals surface area contributed by atoms with E-state index >= 15 is 0 Å². The van der Waals surface area contributed by atoms with Gasteiger partial charge >= 0.3 is 0 Å². The third kappa shape index (κ3) is 2.76. The number of pyridine rings is 1. The SMILES string of the molecule is CSc1ccc2nccc(Nc3ccc(C=N)c(O)c3)c2c1. The average Bonchev–Trinajstić information content (AvgIpc) is 2.55. The van der Waals surface area contributed by atoms with E-state index in [0.29, 0.717) is 5.56 Å². The van der Waals surface area contributed by atoms with Crippen molar-refractivity contribution in [3.8, 4) is 5.75 Å². The molecule has 0 saturated carbocycles. The number of hydrogen-bond donors (Lipinski definition) is 3. The van der Waals surface area contributed by atoms with E-state index in [2.05, 4.69) is 22.4 Å². The van der Waals surface area contributed by atoms with Gasteiger partial charge in [-0.1, -0.05) is 0 Å². The van der Waals surface area contributed by atoms with Gasteiger partial charge in [-0.05, 0) is 42.7 Å². The number of nitrogens with zero attached hydrogens (tertiary/aromatic N) is 1. The van der Waals surface area contributed by atoms with Gasteiger partial charge in [0.05, 0.1) is 5.52 Å². The predicted molar refractivity (Wildman–Crippen MR) is 92.8 cm³/mol. The first kappa shape index (κ1) is 14.4. The number of fused-ring (bicyclic) bond motifs is 1. The summed E-state index contributed by atoms with van der Waals surface area (Å²) in [6.07, 6.45) is 4.93. The second kappa shape index (κ2) is 6.07. The minimum absolute atomic E-state index is 0.0863. The molecule has 0 amide bonds. The molecule has 0 spiro atoms. The van der Waals surface area contributed by atoms with Gasteiger partial charge in [-0.2, -0.15) is 0 Å². The van der Waals surface area contributed by atoms with Crippen LogP contribution in [0.4, 0.5) is 11.4 Å². The van der Waals surface area contributed by atoms with E-state index < -0.39 is 0 Å². The minimum Gasteiger partial charge on any atom is -0.507 e. The van der Waals surface area contributed by atoms with Crippen LogP contribution < -0.4 is 5.32 Å². The standard InChI is InChI=1S/C17H15N3OS/c1-22-13-4-5-15-14(9-13)16(6-7-19-15)20-12-3-2-11(10-18)17(21)8-12/h2-10,18,21H,1H3,(H,19,20). The Morgan fingerprint density at radius 3 is 2.77 bits per heavy atom. The average molecular weight is 309 g/mol. The fraction of sp³-hybridized carbons (Fsp3) is 0.0588. The van der Waals surface area contributed by atoms with E-state index in [9.17, 15) is 5.11 Å². The monoisotopic (exact) mass is 309 g/mol. The second-order valence-electron chi connectivity index (χ2n) is 4.78. The maximum absolute atomic E-state index is 9.86.